The second kappa shape index (κ2) is 7.81. The van der Waals surface area contributed by atoms with Gasteiger partial charge in [0.2, 0.25) is 5.91 Å². The summed E-state index contributed by atoms with van der Waals surface area (Å²) in [5, 5.41) is 2.83. The third kappa shape index (κ3) is 5.54. The standard InChI is InChI=1S/C14H21N3O2S/c1-10(14(15)20)8-17(2)9-13(18)16-11-5-4-6-12(7-11)19-3/h4-7,10H,8-9H2,1-3H3,(H2,15,20)(H,16,18). The normalized spacial score (nSPS) is 12.0. The van der Waals surface area contributed by atoms with Crippen LogP contribution in [0.4, 0.5) is 5.69 Å². The van der Waals surface area contributed by atoms with E-state index in [0.29, 0.717) is 23.0 Å². The first-order chi connectivity index (χ1) is 9.42. The average molecular weight is 295 g/mol. The van der Waals surface area contributed by atoms with Crippen molar-refractivity contribution < 1.29 is 9.53 Å². The quantitative estimate of drug-likeness (QED) is 0.746. The molecule has 0 heterocycles. The van der Waals surface area contributed by atoms with Crippen LogP contribution in [0.5, 0.6) is 5.75 Å². The maximum Gasteiger partial charge on any atom is 0.238 e. The van der Waals surface area contributed by atoms with E-state index in [4.69, 9.17) is 22.7 Å². The van der Waals surface area contributed by atoms with E-state index in [0.717, 1.165) is 0 Å². The van der Waals surface area contributed by atoms with Gasteiger partial charge in [-0.05, 0) is 19.2 Å². The molecule has 0 saturated carbocycles. The number of hydrogen-bond acceptors (Lipinski definition) is 4. The van der Waals surface area contributed by atoms with Crippen molar-refractivity contribution in [2.75, 3.05) is 32.6 Å². The number of hydrogen-bond donors (Lipinski definition) is 2. The lowest BCUT2D eigenvalue weighted by molar-refractivity contribution is -0.117. The van der Waals surface area contributed by atoms with E-state index in [1.165, 1.54) is 0 Å². The fourth-order valence-electron chi connectivity index (χ4n) is 1.77. The van der Waals surface area contributed by atoms with E-state index in [2.05, 4.69) is 5.32 Å². The second-order valence-corrected chi connectivity index (χ2v) is 5.25. The molecule has 1 atom stereocenters. The second-order valence-electron chi connectivity index (χ2n) is 4.78. The number of rotatable bonds is 7. The molecule has 0 spiro atoms. The van der Waals surface area contributed by atoms with E-state index in [1.807, 2.05) is 37.1 Å². The van der Waals surface area contributed by atoms with E-state index in [9.17, 15) is 4.79 Å². The lowest BCUT2D eigenvalue weighted by Gasteiger charge is -2.20. The Morgan fingerprint density at radius 3 is 2.85 bits per heavy atom. The number of thiocarbonyl (C=S) groups is 1. The highest BCUT2D eigenvalue weighted by Crippen LogP contribution is 2.16. The van der Waals surface area contributed by atoms with Gasteiger partial charge in [0.1, 0.15) is 5.75 Å². The zero-order valence-corrected chi connectivity index (χ0v) is 12.9. The van der Waals surface area contributed by atoms with Crippen molar-refractivity contribution in [1.82, 2.24) is 4.90 Å². The summed E-state index contributed by atoms with van der Waals surface area (Å²) in [6, 6.07) is 7.24. The summed E-state index contributed by atoms with van der Waals surface area (Å²) in [4.78, 5) is 14.3. The molecular weight excluding hydrogens is 274 g/mol. The third-order valence-electron chi connectivity index (χ3n) is 2.84. The molecule has 110 valence electrons. The van der Waals surface area contributed by atoms with Gasteiger partial charge >= 0.3 is 0 Å². The van der Waals surface area contributed by atoms with Gasteiger partial charge in [-0.2, -0.15) is 0 Å². The predicted octanol–water partition coefficient (Wildman–Crippen LogP) is 1.49. The van der Waals surface area contributed by atoms with Crippen LogP contribution in [0.3, 0.4) is 0 Å². The van der Waals surface area contributed by atoms with Crippen LogP contribution in [0.25, 0.3) is 0 Å². The molecule has 5 nitrogen and oxygen atoms in total. The molecule has 20 heavy (non-hydrogen) atoms. The molecule has 3 N–H and O–H groups in total. The Balaban J connectivity index is 2.48. The van der Waals surface area contributed by atoms with Gasteiger partial charge in [0.05, 0.1) is 18.6 Å². The first-order valence-electron chi connectivity index (χ1n) is 6.34. The SMILES string of the molecule is COc1cccc(NC(=O)CN(C)CC(C)C(N)=S)c1. The number of amides is 1. The van der Waals surface area contributed by atoms with Crippen LogP contribution in [0.2, 0.25) is 0 Å². The van der Waals surface area contributed by atoms with Gasteiger partial charge in [-0.3, -0.25) is 9.69 Å². The third-order valence-corrected chi connectivity index (χ3v) is 3.24. The zero-order valence-electron chi connectivity index (χ0n) is 12.1. The van der Waals surface area contributed by atoms with Crippen molar-refractivity contribution in [1.29, 1.82) is 0 Å². The molecule has 1 rings (SSSR count). The number of likely N-dealkylation sites (N-methyl/N-ethyl adjacent to an activating group) is 1. The van der Waals surface area contributed by atoms with Crippen LogP contribution in [0.15, 0.2) is 24.3 Å². The van der Waals surface area contributed by atoms with Crippen molar-refractivity contribution in [3.8, 4) is 5.75 Å². The Labute approximate surface area is 125 Å². The molecule has 0 saturated heterocycles. The summed E-state index contributed by atoms with van der Waals surface area (Å²) in [7, 11) is 3.45. The lowest BCUT2D eigenvalue weighted by atomic mass is 10.2. The van der Waals surface area contributed by atoms with Crippen LogP contribution < -0.4 is 15.8 Å². The number of benzene rings is 1. The largest absolute Gasteiger partial charge is 0.497 e. The Morgan fingerprint density at radius 2 is 2.25 bits per heavy atom. The van der Waals surface area contributed by atoms with Crippen molar-refractivity contribution >= 4 is 28.8 Å². The molecule has 1 amide bonds. The minimum absolute atomic E-state index is 0.0830. The average Bonchev–Trinajstić information content (AvgIpc) is 2.38. The van der Waals surface area contributed by atoms with E-state index in [-0.39, 0.29) is 18.4 Å². The highest BCUT2D eigenvalue weighted by molar-refractivity contribution is 7.80. The van der Waals surface area contributed by atoms with Gasteiger partial charge in [-0.15, -0.1) is 0 Å². The number of carbonyl (C=O) groups excluding carboxylic acids is 1. The summed E-state index contributed by atoms with van der Waals surface area (Å²) in [5.74, 6) is 0.703. The van der Waals surface area contributed by atoms with Gasteiger partial charge in [0, 0.05) is 24.2 Å². The molecule has 6 heteroatoms. The molecule has 0 aliphatic carbocycles. The van der Waals surface area contributed by atoms with Crippen molar-refractivity contribution in [2.45, 2.75) is 6.92 Å². The number of carbonyl (C=O) groups is 1. The molecule has 0 bridgehead atoms. The van der Waals surface area contributed by atoms with Crippen LogP contribution in [-0.2, 0) is 4.79 Å². The Morgan fingerprint density at radius 1 is 1.55 bits per heavy atom. The van der Waals surface area contributed by atoms with Crippen LogP contribution in [-0.4, -0.2) is 43.0 Å². The van der Waals surface area contributed by atoms with Gasteiger partial charge < -0.3 is 15.8 Å². The van der Waals surface area contributed by atoms with Crippen LogP contribution >= 0.6 is 12.2 Å². The number of anilines is 1. The molecule has 1 aromatic rings. The summed E-state index contributed by atoms with van der Waals surface area (Å²) in [5.41, 5.74) is 6.27. The van der Waals surface area contributed by atoms with Crippen molar-refractivity contribution in [3.05, 3.63) is 24.3 Å². The Kier molecular flexibility index (Phi) is 6.41. The topological polar surface area (TPSA) is 67.6 Å². The summed E-state index contributed by atoms with van der Waals surface area (Å²) in [6.07, 6.45) is 0. The minimum atomic E-state index is -0.0871. The van der Waals surface area contributed by atoms with E-state index in [1.54, 1.807) is 13.2 Å². The monoisotopic (exact) mass is 295 g/mol. The first-order valence-corrected chi connectivity index (χ1v) is 6.75. The maximum absolute atomic E-state index is 11.9. The van der Waals surface area contributed by atoms with E-state index < -0.39 is 0 Å². The van der Waals surface area contributed by atoms with Crippen molar-refractivity contribution in [3.63, 3.8) is 0 Å². The highest BCUT2D eigenvalue weighted by atomic mass is 32.1. The smallest absolute Gasteiger partial charge is 0.238 e. The fraction of sp³-hybridized carbons (Fsp3) is 0.429. The molecule has 0 aliphatic rings. The predicted molar refractivity (Wildman–Crippen MR) is 85.1 cm³/mol. The lowest BCUT2D eigenvalue weighted by Crippen LogP contribution is -2.36. The highest BCUT2D eigenvalue weighted by Gasteiger charge is 2.12. The fourth-order valence-corrected chi connectivity index (χ4v) is 1.84. The number of nitrogens with zero attached hydrogens (tertiary/aromatic N) is 1. The van der Waals surface area contributed by atoms with Gasteiger partial charge in [0.25, 0.3) is 0 Å². The van der Waals surface area contributed by atoms with Gasteiger partial charge in [0.15, 0.2) is 0 Å². The molecule has 1 aromatic carbocycles. The summed E-state index contributed by atoms with van der Waals surface area (Å²) < 4.78 is 5.11. The maximum atomic E-state index is 11.9. The minimum Gasteiger partial charge on any atom is -0.497 e. The molecule has 0 aromatic heterocycles. The Bertz CT molecular complexity index is 479. The molecular formula is C14H21N3O2S. The summed E-state index contributed by atoms with van der Waals surface area (Å²) in [6.45, 7) is 2.88. The number of nitrogens with two attached hydrogens (primary N) is 1. The number of ether oxygens (including phenoxy) is 1. The molecule has 0 radical (unpaired) electrons. The molecule has 0 fully saturated rings. The summed E-state index contributed by atoms with van der Waals surface area (Å²) >= 11 is 4.92. The number of nitrogens with one attached hydrogen (secondary N) is 1. The van der Waals surface area contributed by atoms with E-state index >= 15 is 0 Å². The van der Waals surface area contributed by atoms with Gasteiger partial charge in [-0.25, -0.2) is 0 Å². The van der Waals surface area contributed by atoms with Gasteiger partial charge in [-0.1, -0.05) is 25.2 Å². The zero-order chi connectivity index (χ0) is 15.1. The van der Waals surface area contributed by atoms with Crippen molar-refractivity contribution in [2.24, 2.45) is 11.7 Å². The molecule has 1 unspecified atom stereocenters. The van der Waals surface area contributed by atoms with Crippen LogP contribution in [0.1, 0.15) is 6.92 Å². The first kappa shape index (κ1) is 16.4. The Hall–Kier alpha value is -1.66. The molecule has 0 aliphatic heterocycles. The van der Waals surface area contributed by atoms with Crippen LogP contribution in [0, 0.1) is 5.92 Å². The number of methoxy groups -OCH3 is 1.